The van der Waals surface area contributed by atoms with Crippen LogP contribution in [0.4, 0.5) is 0 Å². The smallest absolute Gasteiger partial charge is 0.261 e. The molecule has 1 N–H and O–H groups in total. The van der Waals surface area contributed by atoms with Crippen LogP contribution in [0.1, 0.15) is 25.7 Å². The standard InChI is InChI=1S/C18H23N3O3/c1-20(11-13-5-4-8-16(13)22)17(23)9-10-21-12-19-15-7-3-2-6-14(15)18(21)24/h2-3,6-7,12-13,16,22H,4-5,8-11H2,1H3. The fourth-order valence-electron chi connectivity index (χ4n) is 3.36. The highest BCUT2D eigenvalue weighted by atomic mass is 16.3. The predicted molar refractivity (Wildman–Crippen MR) is 91.6 cm³/mol. The number of amides is 1. The number of aryl methyl sites for hydroxylation is 1. The largest absolute Gasteiger partial charge is 0.393 e. The van der Waals surface area contributed by atoms with Crippen LogP contribution < -0.4 is 5.56 Å². The molecule has 0 aliphatic heterocycles. The van der Waals surface area contributed by atoms with E-state index in [0.29, 0.717) is 24.0 Å². The van der Waals surface area contributed by atoms with Gasteiger partial charge in [0.2, 0.25) is 5.91 Å². The van der Waals surface area contributed by atoms with Crippen LogP contribution in [0.3, 0.4) is 0 Å². The molecule has 1 heterocycles. The zero-order chi connectivity index (χ0) is 17.1. The van der Waals surface area contributed by atoms with Crippen LogP contribution in [-0.4, -0.2) is 45.2 Å². The minimum Gasteiger partial charge on any atom is -0.393 e. The fourth-order valence-corrected chi connectivity index (χ4v) is 3.36. The SMILES string of the molecule is CN(CC1CCCC1O)C(=O)CCn1cnc2ccccc2c1=O. The number of aliphatic hydroxyl groups excluding tert-OH is 1. The first-order valence-electron chi connectivity index (χ1n) is 8.42. The van der Waals surface area contributed by atoms with Crippen molar-refractivity contribution in [1.29, 1.82) is 0 Å². The Kier molecular flexibility index (Phi) is 4.94. The zero-order valence-electron chi connectivity index (χ0n) is 13.9. The van der Waals surface area contributed by atoms with Gasteiger partial charge in [-0.05, 0) is 25.0 Å². The predicted octanol–water partition coefficient (Wildman–Crippen LogP) is 1.41. The highest BCUT2D eigenvalue weighted by Crippen LogP contribution is 2.26. The molecule has 0 radical (unpaired) electrons. The molecule has 3 rings (SSSR count). The Bertz CT molecular complexity index is 786. The van der Waals surface area contributed by atoms with Gasteiger partial charge < -0.3 is 10.0 Å². The highest BCUT2D eigenvalue weighted by molar-refractivity contribution is 5.77. The van der Waals surface area contributed by atoms with Crippen molar-refractivity contribution in [2.24, 2.45) is 5.92 Å². The summed E-state index contributed by atoms with van der Waals surface area (Å²) < 4.78 is 1.48. The van der Waals surface area contributed by atoms with Crippen LogP contribution in [-0.2, 0) is 11.3 Å². The molecule has 0 saturated heterocycles. The molecule has 1 fully saturated rings. The lowest BCUT2D eigenvalue weighted by atomic mass is 10.1. The molecule has 1 aromatic carbocycles. The molecule has 1 saturated carbocycles. The molecule has 2 unspecified atom stereocenters. The molecule has 1 aliphatic carbocycles. The molecule has 1 aliphatic rings. The quantitative estimate of drug-likeness (QED) is 0.900. The summed E-state index contributed by atoms with van der Waals surface area (Å²) in [6.45, 7) is 0.887. The van der Waals surface area contributed by atoms with Gasteiger partial charge in [-0.2, -0.15) is 0 Å². The van der Waals surface area contributed by atoms with Crippen LogP contribution in [0, 0.1) is 5.92 Å². The summed E-state index contributed by atoms with van der Waals surface area (Å²) in [5.74, 6) is 0.151. The summed E-state index contributed by atoms with van der Waals surface area (Å²) >= 11 is 0. The molecule has 6 nitrogen and oxygen atoms in total. The fraction of sp³-hybridized carbons (Fsp3) is 0.500. The van der Waals surface area contributed by atoms with Gasteiger partial charge in [0.1, 0.15) is 0 Å². The van der Waals surface area contributed by atoms with Gasteiger partial charge in [0, 0.05) is 32.5 Å². The van der Waals surface area contributed by atoms with E-state index in [4.69, 9.17) is 0 Å². The third-order valence-corrected chi connectivity index (χ3v) is 4.85. The molecular weight excluding hydrogens is 306 g/mol. The molecule has 0 bridgehead atoms. The third-order valence-electron chi connectivity index (χ3n) is 4.85. The van der Waals surface area contributed by atoms with E-state index in [9.17, 15) is 14.7 Å². The van der Waals surface area contributed by atoms with Gasteiger partial charge in [-0.25, -0.2) is 4.98 Å². The van der Waals surface area contributed by atoms with E-state index in [2.05, 4.69) is 4.98 Å². The second-order valence-electron chi connectivity index (χ2n) is 6.54. The van der Waals surface area contributed by atoms with Gasteiger partial charge in [0.15, 0.2) is 0 Å². The van der Waals surface area contributed by atoms with Crippen LogP contribution in [0.25, 0.3) is 10.9 Å². The Morgan fingerprint density at radius 3 is 2.92 bits per heavy atom. The van der Waals surface area contributed by atoms with E-state index in [0.717, 1.165) is 19.3 Å². The number of aliphatic hydroxyl groups is 1. The number of carbonyl (C=O) groups is 1. The van der Waals surface area contributed by atoms with Crippen LogP contribution >= 0.6 is 0 Å². The minimum atomic E-state index is -0.299. The van der Waals surface area contributed by atoms with E-state index >= 15 is 0 Å². The number of hydrogen-bond donors (Lipinski definition) is 1. The average molecular weight is 329 g/mol. The van der Waals surface area contributed by atoms with Crippen molar-refractivity contribution in [3.8, 4) is 0 Å². The van der Waals surface area contributed by atoms with E-state index < -0.39 is 0 Å². The van der Waals surface area contributed by atoms with Crippen LogP contribution in [0.5, 0.6) is 0 Å². The molecule has 128 valence electrons. The number of nitrogens with zero attached hydrogens (tertiary/aromatic N) is 3. The summed E-state index contributed by atoms with van der Waals surface area (Å²) in [4.78, 5) is 30.6. The van der Waals surface area contributed by atoms with Gasteiger partial charge in [0.25, 0.3) is 5.56 Å². The number of rotatable bonds is 5. The van der Waals surface area contributed by atoms with Crippen molar-refractivity contribution in [2.75, 3.05) is 13.6 Å². The Morgan fingerprint density at radius 1 is 1.38 bits per heavy atom. The van der Waals surface area contributed by atoms with Crippen molar-refractivity contribution in [1.82, 2.24) is 14.5 Å². The Morgan fingerprint density at radius 2 is 2.17 bits per heavy atom. The number of aromatic nitrogens is 2. The maximum absolute atomic E-state index is 12.4. The second-order valence-corrected chi connectivity index (χ2v) is 6.54. The number of benzene rings is 1. The lowest BCUT2D eigenvalue weighted by Gasteiger charge is -2.23. The van der Waals surface area contributed by atoms with Crippen molar-refractivity contribution in [3.63, 3.8) is 0 Å². The van der Waals surface area contributed by atoms with Crippen LogP contribution in [0.15, 0.2) is 35.4 Å². The van der Waals surface area contributed by atoms with E-state index in [1.165, 1.54) is 10.9 Å². The molecule has 6 heteroatoms. The number of fused-ring (bicyclic) bond motifs is 1. The van der Waals surface area contributed by atoms with Crippen molar-refractivity contribution in [3.05, 3.63) is 40.9 Å². The van der Waals surface area contributed by atoms with Gasteiger partial charge in [-0.1, -0.05) is 18.6 Å². The molecule has 1 aromatic heterocycles. The van der Waals surface area contributed by atoms with Gasteiger partial charge in [0.05, 0.1) is 23.3 Å². The number of hydrogen-bond acceptors (Lipinski definition) is 4. The van der Waals surface area contributed by atoms with Crippen molar-refractivity contribution < 1.29 is 9.90 Å². The monoisotopic (exact) mass is 329 g/mol. The van der Waals surface area contributed by atoms with Crippen molar-refractivity contribution in [2.45, 2.75) is 38.3 Å². The molecule has 0 spiro atoms. The lowest BCUT2D eigenvalue weighted by Crippen LogP contribution is -2.35. The Labute approximate surface area is 140 Å². The van der Waals surface area contributed by atoms with Crippen LogP contribution in [0.2, 0.25) is 0 Å². The summed E-state index contributed by atoms with van der Waals surface area (Å²) in [5.41, 5.74) is 0.541. The first kappa shape index (κ1) is 16.6. The number of para-hydroxylation sites is 1. The van der Waals surface area contributed by atoms with Gasteiger partial charge in [-0.3, -0.25) is 14.2 Å². The van der Waals surface area contributed by atoms with Gasteiger partial charge >= 0.3 is 0 Å². The maximum Gasteiger partial charge on any atom is 0.261 e. The second kappa shape index (κ2) is 7.13. The third kappa shape index (κ3) is 3.48. The lowest BCUT2D eigenvalue weighted by molar-refractivity contribution is -0.131. The number of carbonyl (C=O) groups excluding carboxylic acids is 1. The first-order valence-corrected chi connectivity index (χ1v) is 8.42. The molecule has 2 aromatic rings. The zero-order valence-corrected chi connectivity index (χ0v) is 13.9. The normalized spacial score (nSPS) is 20.4. The molecule has 24 heavy (non-hydrogen) atoms. The molecule has 1 amide bonds. The molecular formula is C18H23N3O3. The summed E-state index contributed by atoms with van der Waals surface area (Å²) in [6, 6.07) is 7.19. The highest BCUT2D eigenvalue weighted by Gasteiger charge is 2.27. The summed E-state index contributed by atoms with van der Waals surface area (Å²) in [7, 11) is 1.76. The Balaban J connectivity index is 1.62. The topological polar surface area (TPSA) is 75.4 Å². The van der Waals surface area contributed by atoms with E-state index in [-0.39, 0.29) is 29.9 Å². The first-order chi connectivity index (χ1) is 11.6. The summed E-state index contributed by atoms with van der Waals surface area (Å²) in [5, 5.41) is 10.4. The van der Waals surface area contributed by atoms with E-state index in [1.807, 2.05) is 12.1 Å². The maximum atomic E-state index is 12.4. The van der Waals surface area contributed by atoms with E-state index in [1.54, 1.807) is 24.1 Å². The Hall–Kier alpha value is -2.21. The minimum absolute atomic E-state index is 0.0193. The summed E-state index contributed by atoms with van der Waals surface area (Å²) in [6.07, 6.45) is 4.26. The molecule has 2 atom stereocenters. The van der Waals surface area contributed by atoms with Crippen molar-refractivity contribution >= 4 is 16.8 Å². The van der Waals surface area contributed by atoms with Gasteiger partial charge in [-0.15, -0.1) is 0 Å². The average Bonchev–Trinajstić information content (AvgIpc) is 2.99.